The van der Waals surface area contributed by atoms with E-state index in [0.29, 0.717) is 17.4 Å². The molecule has 0 radical (unpaired) electrons. The van der Waals surface area contributed by atoms with Gasteiger partial charge in [0, 0.05) is 6.42 Å². The van der Waals surface area contributed by atoms with Gasteiger partial charge in [-0.25, -0.2) is 4.57 Å². The topological polar surface area (TPSA) is 105 Å². The summed E-state index contributed by atoms with van der Waals surface area (Å²) in [5, 5.41) is 13.5. The van der Waals surface area contributed by atoms with E-state index < -0.39 is 20.0 Å². The quantitative estimate of drug-likeness (QED) is 0.0243. The highest BCUT2D eigenvalue weighted by atomic mass is 31.2. The van der Waals surface area contributed by atoms with Crippen LogP contribution in [-0.2, 0) is 18.4 Å². The van der Waals surface area contributed by atoms with Gasteiger partial charge < -0.3 is 19.8 Å². The van der Waals surface area contributed by atoms with Crippen molar-refractivity contribution < 1.29 is 32.9 Å². The van der Waals surface area contributed by atoms with Crippen LogP contribution in [0.1, 0.15) is 245 Å². The third kappa shape index (κ3) is 45.0. The predicted octanol–water partition coefficient (Wildman–Crippen LogP) is 14.9. The third-order valence-corrected chi connectivity index (χ3v) is 12.6. The molecule has 0 saturated carbocycles. The molecule has 1 amide bonds. The summed E-state index contributed by atoms with van der Waals surface area (Å²) in [5.74, 6) is -0.185. The van der Waals surface area contributed by atoms with Crippen LogP contribution in [0.3, 0.4) is 0 Å². The lowest BCUT2D eigenvalue weighted by Crippen LogP contribution is -2.45. The van der Waals surface area contributed by atoms with E-state index in [0.717, 1.165) is 32.1 Å². The molecule has 9 heteroatoms. The fraction of sp³-hybridized carbons (Fsp3) is 0.902. The molecule has 0 aromatic carbocycles. The highest BCUT2D eigenvalue weighted by Crippen LogP contribution is 2.43. The van der Waals surface area contributed by atoms with E-state index in [1.165, 1.54) is 193 Å². The average molecular weight is 870 g/mol. The van der Waals surface area contributed by atoms with Crippen molar-refractivity contribution in [3.63, 3.8) is 0 Å². The van der Waals surface area contributed by atoms with Gasteiger partial charge in [-0.2, -0.15) is 0 Å². The van der Waals surface area contributed by atoms with Crippen LogP contribution in [-0.4, -0.2) is 73.4 Å². The van der Waals surface area contributed by atoms with Crippen molar-refractivity contribution in [3.05, 3.63) is 24.3 Å². The maximum atomic E-state index is 12.7. The lowest BCUT2D eigenvalue weighted by Gasteiger charge is -2.25. The average Bonchev–Trinajstić information content (AvgIpc) is 3.20. The van der Waals surface area contributed by atoms with Crippen molar-refractivity contribution >= 4 is 13.7 Å². The van der Waals surface area contributed by atoms with E-state index in [1.807, 2.05) is 34.1 Å². The molecule has 0 heterocycles. The number of amides is 1. The Morgan fingerprint density at radius 3 is 1.32 bits per heavy atom. The molecular weight excluding hydrogens is 768 g/mol. The van der Waals surface area contributed by atoms with E-state index in [9.17, 15) is 19.4 Å². The van der Waals surface area contributed by atoms with Crippen molar-refractivity contribution in [1.29, 1.82) is 0 Å². The smallest absolute Gasteiger partial charge is 0.387 e. The fourth-order valence-corrected chi connectivity index (χ4v) is 8.31. The minimum absolute atomic E-state index is 0.0617. The number of carbonyl (C=O) groups excluding carboxylic acids is 1. The molecule has 0 fully saturated rings. The number of carbonyl (C=O) groups is 1. The van der Waals surface area contributed by atoms with Crippen LogP contribution in [0.4, 0.5) is 0 Å². The second-order valence-corrected chi connectivity index (χ2v) is 20.4. The summed E-state index contributed by atoms with van der Waals surface area (Å²) in [5.41, 5.74) is 0. The molecule has 0 bridgehead atoms. The molecule has 8 nitrogen and oxygen atoms in total. The number of hydrogen-bond acceptors (Lipinski definition) is 5. The van der Waals surface area contributed by atoms with Crippen molar-refractivity contribution in [3.8, 4) is 0 Å². The van der Waals surface area contributed by atoms with Crippen molar-refractivity contribution in [1.82, 2.24) is 5.32 Å². The number of nitrogens with one attached hydrogen (secondary N) is 1. The molecule has 0 aliphatic carbocycles. The summed E-state index contributed by atoms with van der Waals surface area (Å²) < 4.78 is 23.3. The normalized spacial score (nSPS) is 14.3. The van der Waals surface area contributed by atoms with Gasteiger partial charge in [0.15, 0.2) is 0 Å². The second kappa shape index (κ2) is 43.2. The Bertz CT molecular complexity index is 1030. The molecule has 3 atom stereocenters. The first-order valence-corrected chi connectivity index (χ1v) is 27.2. The van der Waals surface area contributed by atoms with E-state index in [4.69, 9.17) is 9.05 Å². The standard InChI is InChI=1S/C51H101N2O6P/c1-6-8-10-11-12-13-14-15-16-17-18-19-20-21-22-23-24-25-26-27-28-29-30-31-32-33-34-35-36-37-38-39-40-41-43-45-51(55)52-49(50(54)44-42-9-7-2)48-59-60(56,57)58-47-46-53(3,4)5/h17-18,42,44,49-50,54H,6-16,19-41,43,45-48H2,1-5H3,(H-,52,55,56,57)/p+1/b18-17-,44-42+. The van der Waals surface area contributed by atoms with Gasteiger partial charge in [0.1, 0.15) is 13.2 Å². The van der Waals surface area contributed by atoms with E-state index in [2.05, 4.69) is 24.4 Å². The minimum atomic E-state index is -4.31. The number of phosphoric acid groups is 1. The van der Waals surface area contributed by atoms with E-state index >= 15 is 0 Å². The molecule has 356 valence electrons. The number of rotatable bonds is 47. The largest absolute Gasteiger partial charge is 0.472 e. The lowest BCUT2D eigenvalue weighted by atomic mass is 10.0. The minimum Gasteiger partial charge on any atom is -0.387 e. The summed E-state index contributed by atoms with van der Waals surface area (Å²) in [4.78, 5) is 22.8. The van der Waals surface area contributed by atoms with Gasteiger partial charge in [-0.15, -0.1) is 0 Å². The Kier molecular flexibility index (Phi) is 42.5. The highest BCUT2D eigenvalue weighted by molar-refractivity contribution is 7.47. The maximum absolute atomic E-state index is 12.7. The van der Waals surface area contributed by atoms with Crippen LogP contribution in [0.2, 0.25) is 0 Å². The predicted molar refractivity (Wildman–Crippen MR) is 258 cm³/mol. The zero-order valence-electron chi connectivity index (χ0n) is 40.5. The van der Waals surface area contributed by atoms with Gasteiger partial charge >= 0.3 is 7.82 Å². The highest BCUT2D eigenvalue weighted by Gasteiger charge is 2.27. The molecule has 0 aromatic heterocycles. The Morgan fingerprint density at radius 2 is 0.933 bits per heavy atom. The Labute approximate surface area is 373 Å². The first kappa shape index (κ1) is 59.0. The zero-order chi connectivity index (χ0) is 44.3. The van der Waals surface area contributed by atoms with Crippen molar-refractivity contribution in [2.45, 2.75) is 257 Å². The fourth-order valence-electron chi connectivity index (χ4n) is 7.57. The summed E-state index contributed by atoms with van der Waals surface area (Å²) in [6.07, 6.45) is 53.9. The number of nitrogens with zero attached hydrogens (tertiary/aromatic N) is 1. The number of likely N-dealkylation sites (N-methyl/N-ethyl adjacent to an activating group) is 1. The molecule has 0 rings (SSSR count). The van der Waals surface area contributed by atoms with Crippen LogP contribution in [0.25, 0.3) is 0 Å². The zero-order valence-corrected chi connectivity index (χ0v) is 41.4. The SMILES string of the molecule is CCC/C=C/C(O)C(COP(=O)(O)OCC[N+](C)(C)C)NC(=O)CCCCCCCCCCCCCCCCCCCCCCCCC/C=C\CCCCCCCCCC. The van der Waals surface area contributed by atoms with Gasteiger partial charge in [0.2, 0.25) is 5.91 Å². The molecule has 3 unspecified atom stereocenters. The molecular formula is C51H102N2O6P+. The van der Waals surface area contributed by atoms with Crippen molar-refractivity contribution in [2.24, 2.45) is 0 Å². The van der Waals surface area contributed by atoms with Gasteiger partial charge in [-0.1, -0.05) is 224 Å². The molecule has 0 aliphatic rings. The third-order valence-electron chi connectivity index (χ3n) is 11.6. The molecule has 60 heavy (non-hydrogen) atoms. The summed E-state index contributed by atoms with van der Waals surface area (Å²) in [6.45, 7) is 4.61. The van der Waals surface area contributed by atoms with Crippen LogP contribution in [0.15, 0.2) is 24.3 Å². The summed E-state index contributed by atoms with van der Waals surface area (Å²) >= 11 is 0. The Balaban J connectivity index is 3.64. The van der Waals surface area contributed by atoms with Crippen LogP contribution < -0.4 is 5.32 Å². The Hall–Kier alpha value is -1.02. The van der Waals surface area contributed by atoms with Crippen LogP contribution in [0.5, 0.6) is 0 Å². The number of quaternary nitrogens is 1. The molecule has 0 saturated heterocycles. The van der Waals surface area contributed by atoms with E-state index in [-0.39, 0.29) is 19.1 Å². The number of unbranched alkanes of at least 4 members (excludes halogenated alkanes) is 32. The number of hydrogen-bond donors (Lipinski definition) is 3. The van der Waals surface area contributed by atoms with Gasteiger partial charge in [0.05, 0.1) is 39.9 Å². The van der Waals surface area contributed by atoms with Crippen LogP contribution in [0, 0.1) is 0 Å². The molecule has 0 spiro atoms. The van der Waals surface area contributed by atoms with Gasteiger partial charge in [-0.3, -0.25) is 13.8 Å². The van der Waals surface area contributed by atoms with Gasteiger partial charge in [-0.05, 0) is 38.5 Å². The second-order valence-electron chi connectivity index (χ2n) is 18.9. The summed E-state index contributed by atoms with van der Waals surface area (Å²) in [6, 6.07) is -0.838. The number of aliphatic hydroxyl groups is 1. The lowest BCUT2D eigenvalue weighted by molar-refractivity contribution is -0.870. The van der Waals surface area contributed by atoms with Crippen molar-refractivity contribution in [2.75, 3.05) is 40.9 Å². The number of aliphatic hydroxyl groups excluding tert-OH is 1. The van der Waals surface area contributed by atoms with E-state index in [1.54, 1.807) is 6.08 Å². The monoisotopic (exact) mass is 870 g/mol. The molecule has 3 N–H and O–H groups in total. The summed E-state index contributed by atoms with van der Waals surface area (Å²) in [7, 11) is 1.57. The first-order chi connectivity index (χ1) is 29.0. The molecule has 0 aromatic rings. The van der Waals surface area contributed by atoms with Crippen LogP contribution >= 0.6 is 7.82 Å². The Morgan fingerprint density at radius 1 is 0.550 bits per heavy atom. The van der Waals surface area contributed by atoms with Gasteiger partial charge in [0.25, 0.3) is 0 Å². The molecule has 0 aliphatic heterocycles. The number of phosphoric ester groups is 1. The first-order valence-electron chi connectivity index (χ1n) is 25.7. The number of allylic oxidation sites excluding steroid dienone is 3. The maximum Gasteiger partial charge on any atom is 0.472 e.